The molecule has 130 valence electrons. The van der Waals surface area contributed by atoms with E-state index in [0.717, 1.165) is 11.1 Å². The fourth-order valence-corrected chi connectivity index (χ4v) is 2.24. The molecule has 0 aromatic heterocycles. The fraction of sp³-hybridized carbons (Fsp3) is 0.211. The topological polar surface area (TPSA) is 84.5 Å². The Morgan fingerprint density at radius 1 is 1.00 bits per heavy atom. The van der Waals surface area contributed by atoms with Gasteiger partial charge in [-0.1, -0.05) is 42.0 Å². The standard InChI is InChI=1S/C19H20N2O4/c1-3-25-19(24)15-9-4-5-10-16(15)21-18(23)17(22)20-12-14-8-6-7-13(2)11-14/h4-11H,3,12H2,1-2H3,(H,20,22)(H,21,23). The summed E-state index contributed by atoms with van der Waals surface area (Å²) in [6.45, 7) is 4.10. The molecular weight excluding hydrogens is 320 g/mol. The largest absolute Gasteiger partial charge is 0.462 e. The second-order valence-electron chi connectivity index (χ2n) is 5.39. The molecule has 2 rings (SSSR count). The maximum Gasteiger partial charge on any atom is 0.340 e. The highest BCUT2D eigenvalue weighted by molar-refractivity contribution is 6.39. The van der Waals surface area contributed by atoms with Crippen LogP contribution in [0.5, 0.6) is 0 Å². The summed E-state index contributed by atoms with van der Waals surface area (Å²) < 4.78 is 4.94. The lowest BCUT2D eigenvalue weighted by Gasteiger charge is -2.10. The highest BCUT2D eigenvalue weighted by atomic mass is 16.5. The molecule has 0 unspecified atom stereocenters. The first-order valence-electron chi connectivity index (χ1n) is 7.92. The maximum atomic E-state index is 12.1. The van der Waals surface area contributed by atoms with E-state index < -0.39 is 17.8 Å². The van der Waals surface area contributed by atoms with E-state index in [1.807, 2.05) is 31.2 Å². The van der Waals surface area contributed by atoms with Gasteiger partial charge in [-0.2, -0.15) is 0 Å². The van der Waals surface area contributed by atoms with Crippen LogP contribution in [0.2, 0.25) is 0 Å². The number of para-hydroxylation sites is 1. The van der Waals surface area contributed by atoms with Crippen molar-refractivity contribution in [3.05, 3.63) is 65.2 Å². The molecule has 2 N–H and O–H groups in total. The van der Waals surface area contributed by atoms with Crippen LogP contribution in [0, 0.1) is 6.92 Å². The lowest BCUT2D eigenvalue weighted by atomic mass is 10.1. The Morgan fingerprint density at radius 2 is 1.76 bits per heavy atom. The van der Waals surface area contributed by atoms with Gasteiger partial charge in [-0.05, 0) is 31.5 Å². The molecule has 0 aliphatic rings. The van der Waals surface area contributed by atoms with Crippen LogP contribution in [-0.2, 0) is 20.9 Å². The van der Waals surface area contributed by atoms with Gasteiger partial charge in [0.05, 0.1) is 17.9 Å². The van der Waals surface area contributed by atoms with Crippen LogP contribution in [0.3, 0.4) is 0 Å². The molecule has 2 aromatic rings. The van der Waals surface area contributed by atoms with E-state index in [1.165, 1.54) is 12.1 Å². The van der Waals surface area contributed by atoms with Crippen molar-refractivity contribution >= 4 is 23.5 Å². The normalized spacial score (nSPS) is 10.0. The summed E-state index contributed by atoms with van der Waals surface area (Å²) in [5.41, 5.74) is 2.40. The van der Waals surface area contributed by atoms with E-state index in [4.69, 9.17) is 4.74 Å². The Balaban J connectivity index is 1.99. The first-order chi connectivity index (χ1) is 12.0. The Kier molecular flexibility index (Phi) is 6.28. The Bertz CT molecular complexity index is 786. The van der Waals surface area contributed by atoms with Gasteiger partial charge in [-0.3, -0.25) is 9.59 Å². The van der Waals surface area contributed by atoms with Gasteiger partial charge in [0.2, 0.25) is 0 Å². The lowest BCUT2D eigenvalue weighted by Crippen LogP contribution is -2.35. The third-order valence-corrected chi connectivity index (χ3v) is 3.41. The van der Waals surface area contributed by atoms with Crippen LogP contribution in [0.25, 0.3) is 0 Å². The number of carbonyl (C=O) groups is 3. The molecule has 6 nitrogen and oxygen atoms in total. The number of rotatable bonds is 5. The van der Waals surface area contributed by atoms with Crippen molar-refractivity contribution in [1.82, 2.24) is 5.32 Å². The van der Waals surface area contributed by atoms with Crippen molar-refractivity contribution in [2.75, 3.05) is 11.9 Å². The van der Waals surface area contributed by atoms with Gasteiger partial charge in [0, 0.05) is 6.54 Å². The smallest absolute Gasteiger partial charge is 0.340 e. The van der Waals surface area contributed by atoms with Gasteiger partial charge >= 0.3 is 17.8 Å². The summed E-state index contributed by atoms with van der Waals surface area (Å²) in [5, 5.41) is 5.00. The second-order valence-corrected chi connectivity index (χ2v) is 5.39. The summed E-state index contributed by atoms with van der Waals surface area (Å²) in [6, 6.07) is 14.0. The molecule has 0 atom stereocenters. The Morgan fingerprint density at radius 3 is 2.48 bits per heavy atom. The predicted octanol–water partition coefficient (Wildman–Crippen LogP) is 2.43. The molecule has 0 fully saturated rings. The van der Waals surface area contributed by atoms with Crippen molar-refractivity contribution in [3.63, 3.8) is 0 Å². The van der Waals surface area contributed by atoms with Gasteiger partial charge in [-0.15, -0.1) is 0 Å². The Labute approximate surface area is 146 Å². The molecule has 25 heavy (non-hydrogen) atoms. The number of hydrogen-bond acceptors (Lipinski definition) is 4. The van der Waals surface area contributed by atoms with Gasteiger partial charge < -0.3 is 15.4 Å². The third kappa shape index (κ3) is 5.17. The van der Waals surface area contributed by atoms with E-state index in [9.17, 15) is 14.4 Å². The van der Waals surface area contributed by atoms with Gasteiger partial charge in [0.25, 0.3) is 0 Å². The highest BCUT2D eigenvalue weighted by Gasteiger charge is 2.18. The van der Waals surface area contributed by atoms with E-state index in [0.29, 0.717) is 0 Å². The molecule has 0 heterocycles. The summed E-state index contributed by atoms with van der Waals surface area (Å²) in [4.78, 5) is 35.9. The minimum Gasteiger partial charge on any atom is -0.462 e. The lowest BCUT2D eigenvalue weighted by molar-refractivity contribution is -0.136. The molecule has 2 amide bonds. The van der Waals surface area contributed by atoms with Crippen molar-refractivity contribution in [3.8, 4) is 0 Å². The van der Waals surface area contributed by atoms with Crippen LogP contribution in [0.4, 0.5) is 5.69 Å². The number of benzene rings is 2. The third-order valence-electron chi connectivity index (χ3n) is 3.41. The molecule has 0 aliphatic heterocycles. The fourth-order valence-electron chi connectivity index (χ4n) is 2.24. The van der Waals surface area contributed by atoms with Crippen LogP contribution in [-0.4, -0.2) is 24.4 Å². The zero-order valence-corrected chi connectivity index (χ0v) is 14.2. The van der Waals surface area contributed by atoms with E-state index in [-0.39, 0.29) is 24.4 Å². The average molecular weight is 340 g/mol. The number of amides is 2. The van der Waals surface area contributed by atoms with Gasteiger partial charge in [0.1, 0.15) is 0 Å². The molecule has 2 aromatic carbocycles. The molecule has 0 saturated carbocycles. The quantitative estimate of drug-likeness (QED) is 0.647. The minimum atomic E-state index is -0.843. The van der Waals surface area contributed by atoms with Crippen LogP contribution in [0.15, 0.2) is 48.5 Å². The number of esters is 1. The van der Waals surface area contributed by atoms with Crippen molar-refractivity contribution in [2.24, 2.45) is 0 Å². The number of nitrogens with one attached hydrogen (secondary N) is 2. The summed E-state index contributed by atoms with van der Waals surface area (Å²) >= 11 is 0. The zero-order chi connectivity index (χ0) is 18.2. The molecule has 0 spiro atoms. The molecular formula is C19H20N2O4. The van der Waals surface area contributed by atoms with Gasteiger partial charge in [0.15, 0.2) is 0 Å². The monoisotopic (exact) mass is 340 g/mol. The number of carbonyl (C=O) groups excluding carboxylic acids is 3. The zero-order valence-electron chi connectivity index (χ0n) is 14.2. The number of aryl methyl sites for hydroxylation is 1. The predicted molar refractivity (Wildman–Crippen MR) is 94.1 cm³/mol. The maximum absolute atomic E-state index is 12.1. The first-order valence-corrected chi connectivity index (χ1v) is 7.92. The second kappa shape index (κ2) is 8.63. The molecule has 6 heteroatoms. The van der Waals surface area contributed by atoms with E-state index in [2.05, 4.69) is 10.6 Å². The molecule has 0 radical (unpaired) electrons. The number of ether oxygens (including phenoxy) is 1. The van der Waals surface area contributed by atoms with Gasteiger partial charge in [-0.25, -0.2) is 4.79 Å². The van der Waals surface area contributed by atoms with E-state index >= 15 is 0 Å². The summed E-state index contributed by atoms with van der Waals surface area (Å²) in [6.07, 6.45) is 0. The number of anilines is 1. The average Bonchev–Trinajstić information content (AvgIpc) is 2.60. The van der Waals surface area contributed by atoms with E-state index in [1.54, 1.807) is 19.1 Å². The highest BCUT2D eigenvalue weighted by Crippen LogP contribution is 2.16. The van der Waals surface area contributed by atoms with Crippen LogP contribution in [0.1, 0.15) is 28.4 Å². The number of hydrogen-bond donors (Lipinski definition) is 2. The van der Waals surface area contributed by atoms with Crippen LogP contribution >= 0.6 is 0 Å². The van der Waals surface area contributed by atoms with Crippen molar-refractivity contribution < 1.29 is 19.1 Å². The first kappa shape index (κ1) is 18.2. The summed E-state index contributed by atoms with van der Waals surface area (Å²) in [7, 11) is 0. The Hall–Kier alpha value is -3.15. The van der Waals surface area contributed by atoms with Crippen molar-refractivity contribution in [2.45, 2.75) is 20.4 Å². The minimum absolute atomic E-state index is 0.198. The van der Waals surface area contributed by atoms with Crippen LogP contribution < -0.4 is 10.6 Å². The SMILES string of the molecule is CCOC(=O)c1ccccc1NC(=O)C(=O)NCc1cccc(C)c1. The molecule has 0 aliphatic carbocycles. The molecule has 0 bridgehead atoms. The summed E-state index contributed by atoms with van der Waals surface area (Å²) in [5.74, 6) is -2.18. The molecule has 0 saturated heterocycles. The van der Waals surface area contributed by atoms with Crippen molar-refractivity contribution in [1.29, 1.82) is 0 Å².